The van der Waals surface area contributed by atoms with Gasteiger partial charge in [-0.05, 0) is 43.6 Å². The van der Waals surface area contributed by atoms with Crippen molar-refractivity contribution in [2.75, 3.05) is 32.1 Å². The lowest BCUT2D eigenvalue weighted by molar-refractivity contribution is -0.143. The van der Waals surface area contributed by atoms with Gasteiger partial charge in [0.2, 0.25) is 0 Å². The Hall–Kier alpha value is -1.55. The van der Waals surface area contributed by atoms with Crippen LogP contribution in [0.5, 0.6) is 0 Å². The van der Waals surface area contributed by atoms with E-state index in [4.69, 9.17) is 0 Å². The van der Waals surface area contributed by atoms with Crippen LogP contribution in [0.3, 0.4) is 0 Å². The first kappa shape index (κ1) is 16.5. The van der Waals surface area contributed by atoms with Gasteiger partial charge in [0.15, 0.2) is 0 Å². The van der Waals surface area contributed by atoms with E-state index in [0.29, 0.717) is 0 Å². The molecule has 1 aromatic rings. The molecule has 1 aromatic carbocycles. The molecule has 0 fully saturated rings. The minimum absolute atomic E-state index is 0.550. The van der Waals surface area contributed by atoms with Gasteiger partial charge in [-0.3, -0.25) is 9.69 Å². The lowest BCUT2D eigenvalue weighted by Crippen LogP contribution is -2.35. The Labute approximate surface area is 122 Å². The fourth-order valence-corrected chi connectivity index (χ4v) is 2.41. The molecule has 4 nitrogen and oxygen atoms in total. The van der Waals surface area contributed by atoms with Crippen LogP contribution in [0, 0.1) is 0 Å². The number of aliphatic carboxylic acids is 1. The highest BCUT2D eigenvalue weighted by atomic mass is 16.4. The van der Waals surface area contributed by atoms with Crippen LogP contribution in [0.1, 0.15) is 38.3 Å². The molecular weight excluding hydrogens is 252 g/mol. The van der Waals surface area contributed by atoms with Crippen LogP contribution in [0.4, 0.5) is 5.69 Å². The molecule has 0 heterocycles. The second kappa shape index (κ2) is 7.90. The molecule has 0 saturated heterocycles. The zero-order valence-electron chi connectivity index (χ0n) is 13.0. The Bertz CT molecular complexity index is 409. The highest BCUT2D eigenvalue weighted by molar-refractivity contribution is 5.75. The van der Waals surface area contributed by atoms with Gasteiger partial charge in [-0.25, -0.2) is 0 Å². The second-order valence-corrected chi connectivity index (χ2v) is 5.26. The van der Waals surface area contributed by atoms with E-state index in [2.05, 4.69) is 13.8 Å². The van der Waals surface area contributed by atoms with Crippen molar-refractivity contribution in [3.63, 3.8) is 0 Å². The van der Waals surface area contributed by atoms with Crippen molar-refractivity contribution >= 4 is 11.7 Å². The molecule has 0 spiro atoms. The first-order chi connectivity index (χ1) is 9.51. The highest BCUT2D eigenvalue weighted by Gasteiger charge is 2.26. The topological polar surface area (TPSA) is 43.8 Å². The number of benzene rings is 1. The van der Waals surface area contributed by atoms with Crippen LogP contribution >= 0.6 is 0 Å². The fourth-order valence-electron chi connectivity index (χ4n) is 2.41. The molecule has 112 valence electrons. The van der Waals surface area contributed by atoms with E-state index < -0.39 is 12.0 Å². The van der Waals surface area contributed by atoms with E-state index in [9.17, 15) is 9.90 Å². The normalized spacial score (nSPS) is 12.4. The maximum absolute atomic E-state index is 11.7. The first-order valence-corrected chi connectivity index (χ1v) is 7.25. The number of hydrogen-bond acceptors (Lipinski definition) is 3. The molecule has 0 aliphatic carbocycles. The van der Waals surface area contributed by atoms with Crippen LogP contribution in [0.2, 0.25) is 0 Å². The van der Waals surface area contributed by atoms with Gasteiger partial charge in [-0.1, -0.05) is 26.0 Å². The number of carbonyl (C=O) groups is 1. The smallest absolute Gasteiger partial charge is 0.325 e. The molecule has 0 aliphatic rings. The maximum Gasteiger partial charge on any atom is 0.325 e. The Morgan fingerprint density at radius 2 is 1.60 bits per heavy atom. The number of anilines is 1. The van der Waals surface area contributed by atoms with Crippen molar-refractivity contribution in [3.05, 3.63) is 29.8 Å². The quantitative estimate of drug-likeness (QED) is 0.794. The Kier molecular flexibility index (Phi) is 6.52. The third kappa shape index (κ3) is 4.23. The molecule has 4 heteroatoms. The number of carboxylic acids is 1. The molecule has 1 unspecified atom stereocenters. The third-order valence-corrected chi connectivity index (χ3v) is 3.35. The predicted molar refractivity (Wildman–Crippen MR) is 83.3 cm³/mol. The van der Waals surface area contributed by atoms with Crippen molar-refractivity contribution in [2.45, 2.75) is 32.7 Å². The molecule has 1 N–H and O–H groups in total. The predicted octanol–water partition coefficient (Wildman–Crippen LogP) is 3.00. The summed E-state index contributed by atoms with van der Waals surface area (Å²) in [4.78, 5) is 15.7. The van der Waals surface area contributed by atoms with E-state index >= 15 is 0 Å². The molecule has 0 radical (unpaired) electrons. The molecule has 1 rings (SSSR count). The van der Waals surface area contributed by atoms with E-state index in [1.807, 2.05) is 48.2 Å². The Balaban J connectivity index is 3.02. The summed E-state index contributed by atoms with van der Waals surface area (Å²) < 4.78 is 0. The highest BCUT2D eigenvalue weighted by Crippen LogP contribution is 2.24. The van der Waals surface area contributed by atoms with Gasteiger partial charge >= 0.3 is 5.97 Å². The first-order valence-electron chi connectivity index (χ1n) is 7.25. The van der Waals surface area contributed by atoms with Crippen LogP contribution in [0.25, 0.3) is 0 Å². The van der Waals surface area contributed by atoms with Crippen LogP contribution in [-0.4, -0.2) is 43.2 Å². The van der Waals surface area contributed by atoms with Gasteiger partial charge in [0, 0.05) is 19.8 Å². The molecular formula is C16H26N2O2. The summed E-state index contributed by atoms with van der Waals surface area (Å²) >= 11 is 0. The molecule has 20 heavy (non-hydrogen) atoms. The van der Waals surface area contributed by atoms with E-state index in [-0.39, 0.29) is 0 Å². The minimum atomic E-state index is -0.774. The Morgan fingerprint density at radius 3 is 1.95 bits per heavy atom. The lowest BCUT2D eigenvalue weighted by Gasteiger charge is -2.28. The number of rotatable bonds is 8. The van der Waals surface area contributed by atoms with Gasteiger partial charge < -0.3 is 10.0 Å². The molecule has 0 saturated carbocycles. The molecule has 0 aliphatic heterocycles. The summed E-state index contributed by atoms with van der Waals surface area (Å²) in [5.74, 6) is -0.774. The number of hydrogen-bond donors (Lipinski definition) is 1. The number of nitrogens with zero attached hydrogens (tertiary/aromatic N) is 2. The molecule has 0 amide bonds. The summed E-state index contributed by atoms with van der Waals surface area (Å²) in [6, 6.07) is 7.24. The van der Waals surface area contributed by atoms with E-state index in [0.717, 1.165) is 37.2 Å². The van der Waals surface area contributed by atoms with Crippen molar-refractivity contribution in [2.24, 2.45) is 0 Å². The number of carboxylic acid groups (broad SMARTS) is 1. The van der Waals surface area contributed by atoms with Gasteiger partial charge in [0.1, 0.15) is 6.04 Å². The van der Waals surface area contributed by atoms with Crippen LogP contribution in [0.15, 0.2) is 24.3 Å². The fraction of sp³-hybridized carbons (Fsp3) is 0.562. The minimum Gasteiger partial charge on any atom is -0.480 e. The summed E-state index contributed by atoms with van der Waals surface area (Å²) in [6.07, 6.45) is 1.92. The molecule has 1 atom stereocenters. The van der Waals surface area contributed by atoms with Gasteiger partial charge in [0.05, 0.1) is 0 Å². The van der Waals surface area contributed by atoms with E-state index in [1.165, 1.54) is 0 Å². The van der Waals surface area contributed by atoms with Crippen molar-refractivity contribution < 1.29 is 9.90 Å². The summed E-state index contributed by atoms with van der Waals surface area (Å²) in [5.41, 5.74) is 1.93. The van der Waals surface area contributed by atoms with Crippen molar-refractivity contribution in [1.29, 1.82) is 0 Å². The second-order valence-electron chi connectivity index (χ2n) is 5.26. The van der Waals surface area contributed by atoms with Crippen molar-refractivity contribution in [1.82, 2.24) is 4.90 Å². The average Bonchev–Trinajstić information content (AvgIpc) is 2.39. The zero-order chi connectivity index (χ0) is 15.1. The lowest BCUT2D eigenvalue weighted by atomic mass is 10.0. The zero-order valence-corrected chi connectivity index (χ0v) is 13.0. The summed E-state index contributed by atoms with van der Waals surface area (Å²) in [6.45, 7) is 5.77. The van der Waals surface area contributed by atoms with Crippen LogP contribution < -0.4 is 4.90 Å². The van der Waals surface area contributed by atoms with Gasteiger partial charge in [0.25, 0.3) is 0 Å². The third-order valence-electron chi connectivity index (χ3n) is 3.35. The van der Waals surface area contributed by atoms with Gasteiger partial charge in [-0.2, -0.15) is 0 Å². The SMILES string of the molecule is CCCN(CCC)C(C(=O)O)c1ccc(N(C)C)cc1. The largest absolute Gasteiger partial charge is 0.480 e. The summed E-state index contributed by atoms with van der Waals surface area (Å²) in [5, 5.41) is 9.58. The maximum atomic E-state index is 11.7. The van der Waals surface area contributed by atoms with E-state index in [1.54, 1.807) is 0 Å². The average molecular weight is 278 g/mol. The Morgan fingerprint density at radius 1 is 1.10 bits per heavy atom. The standard InChI is InChI=1S/C16H26N2O2/c1-5-11-18(12-6-2)15(16(19)20)13-7-9-14(10-8-13)17(3)4/h7-10,15H,5-6,11-12H2,1-4H3,(H,19,20). The van der Waals surface area contributed by atoms with Crippen molar-refractivity contribution in [3.8, 4) is 0 Å². The monoisotopic (exact) mass is 278 g/mol. The molecule has 0 bridgehead atoms. The van der Waals surface area contributed by atoms with Gasteiger partial charge in [-0.15, -0.1) is 0 Å². The summed E-state index contributed by atoms with van der Waals surface area (Å²) in [7, 11) is 3.95. The van der Waals surface area contributed by atoms with Crippen LogP contribution in [-0.2, 0) is 4.79 Å². The molecule has 0 aromatic heterocycles.